The van der Waals surface area contributed by atoms with E-state index in [1.165, 1.54) is 4.70 Å². The van der Waals surface area contributed by atoms with Gasteiger partial charge in [0.2, 0.25) is 8.32 Å². The average Bonchev–Trinajstić information content (AvgIpc) is 3.51. The molecule has 0 aliphatic carbocycles. The minimum Gasteiger partial charge on any atom is -0.488 e. The molecule has 40 heavy (non-hydrogen) atoms. The smallest absolute Gasteiger partial charge is 0.257 e. The van der Waals surface area contributed by atoms with E-state index in [0.29, 0.717) is 51.9 Å². The van der Waals surface area contributed by atoms with E-state index in [0.717, 1.165) is 5.39 Å². The van der Waals surface area contributed by atoms with E-state index >= 15 is 0 Å². The Balaban J connectivity index is 1.57. The number of thiophene rings is 1. The Kier molecular flexibility index (Phi) is 9.38. The van der Waals surface area contributed by atoms with Gasteiger partial charge in [-0.1, -0.05) is 41.5 Å². The number of benzene rings is 2. The van der Waals surface area contributed by atoms with Gasteiger partial charge in [-0.05, 0) is 70.7 Å². The SMILES string of the molecule is CC(C)[Si](OC[C@H](C)Oc1cc(Oc2ccc3sccc3c2)cc(C(=O)Nc2ccn(C)n2)c1)(C(C)C)C(C)C. The molecule has 0 aliphatic rings. The Labute approximate surface area is 242 Å². The van der Waals surface area contributed by atoms with Crippen molar-refractivity contribution < 1.29 is 18.7 Å². The molecule has 0 aliphatic heterocycles. The predicted molar refractivity (Wildman–Crippen MR) is 167 cm³/mol. The first-order valence-corrected chi connectivity index (χ1v) is 16.9. The van der Waals surface area contributed by atoms with Crippen LogP contribution >= 0.6 is 11.3 Å². The van der Waals surface area contributed by atoms with Gasteiger partial charge in [0.15, 0.2) is 5.82 Å². The molecule has 0 radical (unpaired) electrons. The van der Waals surface area contributed by atoms with Crippen LogP contribution in [0, 0.1) is 0 Å². The number of carbonyl (C=O) groups excluding carboxylic acids is 1. The van der Waals surface area contributed by atoms with Crippen molar-refractivity contribution in [3.05, 3.63) is 65.7 Å². The molecule has 0 spiro atoms. The average molecular weight is 580 g/mol. The number of carbonyl (C=O) groups is 1. The van der Waals surface area contributed by atoms with E-state index in [4.69, 9.17) is 13.9 Å². The van der Waals surface area contributed by atoms with Gasteiger partial charge in [-0.3, -0.25) is 9.48 Å². The lowest BCUT2D eigenvalue weighted by atomic mass is 10.1. The third kappa shape index (κ3) is 6.76. The van der Waals surface area contributed by atoms with Gasteiger partial charge in [-0.2, -0.15) is 5.10 Å². The van der Waals surface area contributed by atoms with Crippen LogP contribution in [0.4, 0.5) is 5.82 Å². The van der Waals surface area contributed by atoms with Crippen LogP contribution in [-0.4, -0.2) is 36.7 Å². The van der Waals surface area contributed by atoms with Crippen LogP contribution in [0.2, 0.25) is 16.6 Å². The molecule has 1 amide bonds. The fourth-order valence-corrected chi connectivity index (χ4v) is 12.0. The zero-order valence-corrected chi connectivity index (χ0v) is 26.5. The van der Waals surface area contributed by atoms with Crippen molar-refractivity contribution in [3.8, 4) is 17.2 Å². The van der Waals surface area contributed by atoms with Crippen LogP contribution in [-0.2, 0) is 11.5 Å². The maximum absolute atomic E-state index is 13.2. The number of anilines is 1. The summed E-state index contributed by atoms with van der Waals surface area (Å²) in [5.74, 6) is 1.93. The first kappa shape index (κ1) is 29.8. The maximum atomic E-state index is 13.2. The van der Waals surface area contributed by atoms with Gasteiger partial charge in [0.25, 0.3) is 5.91 Å². The Morgan fingerprint density at radius 1 is 0.925 bits per heavy atom. The van der Waals surface area contributed by atoms with Crippen molar-refractivity contribution in [1.29, 1.82) is 0 Å². The number of aryl methyl sites for hydroxylation is 1. The van der Waals surface area contributed by atoms with Crippen LogP contribution in [0.25, 0.3) is 10.1 Å². The fourth-order valence-electron chi connectivity index (χ4n) is 5.67. The van der Waals surface area contributed by atoms with Gasteiger partial charge in [0.05, 0.1) is 6.61 Å². The fraction of sp³-hybridized carbons (Fsp3) is 0.419. The summed E-state index contributed by atoms with van der Waals surface area (Å²) in [7, 11) is -0.228. The van der Waals surface area contributed by atoms with Crippen LogP contribution in [0.15, 0.2) is 60.1 Å². The number of hydrogen-bond acceptors (Lipinski definition) is 6. The van der Waals surface area contributed by atoms with Crippen LogP contribution in [0.5, 0.6) is 17.2 Å². The minimum absolute atomic E-state index is 0.216. The van der Waals surface area contributed by atoms with Crippen molar-refractivity contribution in [2.75, 3.05) is 11.9 Å². The van der Waals surface area contributed by atoms with Crippen molar-refractivity contribution in [1.82, 2.24) is 9.78 Å². The zero-order valence-electron chi connectivity index (χ0n) is 24.7. The van der Waals surface area contributed by atoms with Gasteiger partial charge >= 0.3 is 0 Å². The van der Waals surface area contributed by atoms with Crippen molar-refractivity contribution >= 4 is 41.5 Å². The minimum atomic E-state index is -2.03. The summed E-state index contributed by atoms with van der Waals surface area (Å²) in [5.41, 5.74) is 1.87. The molecule has 7 nitrogen and oxygen atoms in total. The standard InChI is InChI=1S/C31H41N3O4SSi/c1-20(2)40(21(3)4,22(5)6)36-19-23(7)37-27-16-25(31(35)32-30-11-13-34(8)33-30)17-28(18-27)38-26-9-10-29-24(15-26)12-14-39-29/h9-18,20-23H,19H2,1-8H3,(H,32,33,35)/t23-/m0/s1. The normalized spacial score (nSPS) is 12.9. The summed E-state index contributed by atoms with van der Waals surface area (Å²) in [6.45, 7) is 16.1. The molecule has 0 fully saturated rings. The topological polar surface area (TPSA) is 74.6 Å². The first-order valence-electron chi connectivity index (χ1n) is 13.9. The molecule has 1 N–H and O–H groups in total. The third-order valence-electron chi connectivity index (χ3n) is 7.37. The number of amides is 1. The molecule has 4 rings (SSSR count). The summed E-state index contributed by atoms with van der Waals surface area (Å²) in [6, 6.07) is 15.1. The van der Waals surface area contributed by atoms with Crippen molar-refractivity contribution in [3.63, 3.8) is 0 Å². The lowest BCUT2D eigenvalue weighted by Crippen LogP contribution is -2.49. The Morgan fingerprint density at radius 3 is 2.27 bits per heavy atom. The molecule has 4 aromatic rings. The number of ether oxygens (including phenoxy) is 2. The van der Waals surface area contributed by atoms with Gasteiger partial charge in [-0.25, -0.2) is 0 Å². The second kappa shape index (κ2) is 12.6. The van der Waals surface area contributed by atoms with Crippen LogP contribution in [0.1, 0.15) is 58.8 Å². The van der Waals surface area contributed by atoms with Gasteiger partial charge in [-0.15, -0.1) is 11.3 Å². The molecule has 9 heteroatoms. The second-order valence-electron chi connectivity index (χ2n) is 11.3. The monoisotopic (exact) mass is 579 g/mol. The zero-order chi connectivity index (χ0) is 29.0. The Bertz CT molecular complexity index is 1420. The van der Waals surface area contributed by atoms with E-state index < -0.39 is 8.32 Å². The van der Waals surface area contributed by atoms with E-state index in [9.17, 15) is 4.79 Å². The molecule has 214 valence electrons. The van der Waals surface area contributed by atoms with Gasteiger partial charge in [0, 0.05) is 35.6 Å². The lowest BCUT2D eigenvalue weighted by molar-refractivity contribution is 0.102. The van der Waals surface area contributed by atoms with E-state index in [2.05, 4.69) is 63.4 Å². The van der Waals surface area contributed by atoms with Crippen LogP contribution in [0.3, 0.4) is 0 Å². The molecule has 2 heterocycles. The highest BCUT2D eigenvalue weighted by Crippen LogP contribution is 2.42. The molecule has 0 unspecified atom stereocenters. The molecule has 0 saturated heterocycles. The first-order chi connectivity index (χ1) is 19.0. The molecule has 1 atom stereocenters. The number of hydrogen-bond donors (Lipinski definition) is 1. The third-order valence-corrected chi connectivity index (χ3v) is 14.3. The number of aromatic nitrogens is 2. The van der Waals surface area contributed by atoms with Crippen molar-refractivity contribution in [2.45, 2.75) is 71.2 Å². The number of fused-ring (bicyclic) bond motifs is 1. The molecule has 2 aromatic heterocycles. The predicted octanol–water partition coefficient (Wildman–Crippen LogP) is 8.64. The number of nitrogens with one attached hydrogen (secondary N) is 1. The summed E-state index contributed by atoms with van der Waals surface area (Å²) in [5, 5.41) is 10.3. The Morgan fingerprint density at radius 2 is 1.62 bits per heavy atom. The van der Waals surface area contributed by atoms with Crippen molar-refractivity contribution in [2.24, 2.45) is 7.05 Å². The van der Waals surface area contributed by atoms with E-state index in [1.54, 1.807) is 47.5 Å². The van der Waals surface area contributed by atoms with E-state index in [1.807, 2.05) is 31.2 Å². The van der Waals surface area contributed by atoms with Gasteiger partial charge < -0.3 is 19.2 Å². The quantitative estimate of drug-likeness (QED) is 0.170. The highest BCUT2D eigenvalue weighted by Gasteiger charge is 2.45. The number of nitrogens with zero attached hydrogens (tertiary/aromatic N) is 2. The highest BCUT2D eigenvalue weighted by molar-refractivity contribution is 7.17. The maximum Gasteiger partial charge on any atom is 0.257 e. The second-order valence-corrected chi connectivity index (χ2v) is 17.7. The summed E-state index contributed by atoms with van der Waals surface area (Å²) in [4.78, 5) is 13.2. The lowest BCUT2D eigenvalue weighted by Gasteiger charge is -2.42. The summed E-state index contributed by atoms with van der Waals surface area (Å²) in [6.07, 6.45) is 1.56. The molecular weight excluding hydrogens is 539 g/mol. The number of rotatable bonds is 12. The van der Waals surface area contributed by atoms with E-state index in [-0.39, 0.29) is 12.0 Å². The van der Waals surface area contributed by atoms with Gasteiger partial charge in [0.1, 0.15) is 23.4 Å². The molecule has 0 bridgehead atoms. The highest BCUT2D eigenvalue weighted by atomic mass is 32.1. The summed E-state index contributed by atoms with van der Waals surface area (Å²) < 4.78 is 22.2. The van der Waals surface area contributed by atoms with Crippen LogP contribution < -0.4 is 14.8 Å². The summed E-state index contributed by atoms with van der Waals surface area (Å²) >= 11 is 1.69. The molecular formula is C31H41N3O4SSi. The molecule has 0 saturated carbocycles. The Hall–Kier alpha value is -3.14. The molecule has 2 aromatic carbocycles. The largest absolute Gasteiger partial charge is 0.488 e.